The molecule has 2 saturated heterocycles. The van der Waals surface area contributed by atoms with E-state index in [2.05, 4.69) is 4.72 Å². The van der Waals surface area contributed by atoms with Crippen molar-refractivity contribution in [1.82, 2.24) is 9.62 Å². The van der Waals surface area contributed by atoms with Gasteiger partial charge in [0.25, 0.3) is 5.91 Å². The number of benzene rings is 2. The quantitative estimate of drug-likeness (QED) is 0.619. The van der Waals surface area contributed by atoms with Gasteiger partial charge in [0.05, 0.1) is 30.5 Å². The summed E-state index contributed by atoms with van der Waals surface area (Å²) in [4.78, 5) is 14.3. The molecule has 182 valence electrons. The Morgan fingerprint density at radius 3 is 2.56 bits per heavy atom. The molecule has 1 aliphatic carbocycles. The molecule has 5 rings (SSSR count). The second-order valence-corrected chi connectivity index (χ2v) is 11.5. The number of nitrogens with one attached hydrogen (secondary N) is 1. The summed E-state index contributed by atoms with van der Waals surface area (Å²) in [5.74, 6) is -0.901. The Kier molecular flexibility index (Phi) is 6.39. The molecule has 2 aromatic rings. The van der Waals surface area contributed by atoms with Crippen LogP contribution in [0.3, 0.4) is 0 Å². The van der Waals surface area contributed by atoms with E-state index in [1.165, 1.54) is 4.90 Å². The van der Waals surface area contributed by atoms with Crippen molar-refractivity contribution >= 4 is 27.5 Å². The number of halogens is 3. The fourth-order valence-electron chi connectivity index (χ4n) is 4.64. The zero-order valence-corrected chi connectivity index (χ0v) is 19.9. The number of carbonyl (C=O) groups is 1. The topological polar surface area (TPSA) is 75.7 Å². The fourth-order valence-corrected chi connectivity index (χ4v) is 6.46. The number of nitrogens with zero attached hydrogens (tertiary/aromatic N) is 1. The number of carbonyl (C=O) groups excluding carboxylic acids is 1. The third kappa shape index (κ3) is 4.58. The van der Waals surface area contributed by atoms with E-state index in [1.807, 2.05) is 0 Å². The van der Waals surface area contributed by atoms with E-state index in [9.17, 15) is 13.2 Å². The minimum absolute atomic E-state index is 0.0447. The smallest absolute Gasteiger partial charge is 0.252 e. The number of hydrogen-bond acceptors (Lipinski definition) is 4. The summed E-state index contributed by atoms with van der Waals surface area (Å²) in [5.41, 5.74) is 1.17. The Labute approximate surface area is 202 Å². The molecular weight excluding hydrogens is 486 g/mol. The van der Waals surface area contributed by atoms with E-state index < -0.39 is 51.4 Å². The molecule has 2 heterocycles. The SMILES string of the molecule is O=C(C1CCO1)N1C[C@H](F)[C@H](NS(=O)(=O)C2CC2)[C@@H]1Cc1cccc(-c2cccc(Cl)c2)c1F. The highest BCUT2D eigenvalue weighted by molar-refractivity contribution is 7.90. The fraction of sp³-hybridized carbons (Fsp3) is 0.458. The van der Waals surface area contributed by atoms with Crippen molar-refractivity contribution in [2.75, 3.05) is 13.2 Å². The van der Waals surface area contributed by atoms with Crippen LogP contribution in [0.25, 0.3) is 11.1 Å². The molecule has 0 bridgehead atoms. The van der Waals surface area contributed by atoms with Crippen LogP contribution in [0.15, 0.2) is 42.5 Å². The predicted octanol–water partition coefficient (Wildman–Crippen LogP) is 3.48. The van der Waals surface area contributed by atoms with E-state index in [0.717, 1.165) is 0 Å². The van der Waals surface area contributed by atoms with Gasteiger partial charge in [0.15, 0.2) is 0 Å². The van der Waals surface area contributed by atoms with Crippen LogP contribution in [0.2, 0.25) is 5.02 Å². The average molecular weight is 511 g/mol. The molecule has 2 aromatic carbocycles. The number of sulfonamides is 1. The van der Waals surface area contributed by atoms with Crippen LogP contribution >= 0.6 is 11.6 Å². The summed E-state index contributed by atoms with van der Waals surface area (Å²) >= 11 is 6.07. The van der Waals surface area contributed by atoms with Gasteiger partial charge in [-0.15, -0.1) is 0 Å². The lowest BCUT2D eigenvalue weighted by Gasteiger charge is -2.34. The van der Waals surface area contributed by atoms with Crippen LogP contribution in [0.5, 0.6) is 0 Å². The maximum absolute atomic E-state index is 15.6. The third-order valence-electron chi connectivity index (χ3n) is 6.74. The zero-order chi connectivity index (χ0) is 24.0. The molecule has 0 aromatic heterocycles. The van der Waals surface area contributed by atoms with E-state index in [0.29, 0.717) is 42.0 Å². The molecule has 10 heteroatoms. The maximum atomic E-state index is 15.6. The number of alkyl halides is 1. The largest absolute Gasteiger partial charge is 0.368 e. The molecule has 34 heavy (non-hydrogen) atoms. The normalized spacial score (nSPS) is 27.0. The molecular formula is C24H25ClF2N2O4S. The highest BCUT2D eigenvalue weighted by Gasteiger charge is 2.50. The first-order valence-corrected chi connectivity index (χ1v) is 13.3. The predicted molar refractivity (Wildman–Crippen MR) is 124 cm³/mol. The number of amides is 1. The highest BCUT2D eigenvalue weighted by atomic mass is 35.5. The Bertz CT molecular complexity index is 1200. The molecule has 1 amide bonds. The Morgan fingerprint density at radius 2 is 1.91 bits per heavy atom. The Morgan fingerprint density at radius 1 is 1.18 bits per heavy atom. The molecule has 1 N–H and O–H groups in total. The van der Waals surface area contributed by atoms with Gasteiger partial charge >= 0.3 is 0 Å². The van der Waals surface area contributed by atoms with Gasteiger partial charge in [-0.1, -0.05) is 41.9 Å². The average Bonchev–Trinajstić information content (AvgIpc) is 3.57. The molecule has 2 aliphatic heterocycles. The highest BCUT2D eigenvalue weighted by Crippen LogP contribution is 2.34. The van der Waals surface area contributed by atoms with Crippen LogP contribution in [0.1, 0.15) is 24.8 Å². The second kappa shape index (κ2) is 9.18. The van der Waals surface area contributed by atoms with E-state index in [4.69, 9.17) is 16.3 Å². The van der Waals surface area contributed by atoms with Gasteiger partial charge in [0.2, 0.25) is 10.0 Å². The molecule has 4 atom stereocenters. The molecule has 1 unspecified atom stereocenters. The lowest BCUT2D eigenvalue weighted by molar-refractivity contribution is -0.157. The van der Waals surface area contributed by atoms with Crippen LogP contribution in [0.4, 0.5) is 8.78 Å². The van der Waals surface area contributed by atoms with Crippen molar-refractivity contribution < 1.29 is 26.7 Å². The molecule has 1 saturated carbocycles. The summed E-state index contributed by atoms with van der Waals surface area (Å²) in [6, 6.07) is 9.62. The maximum Gasteiger partial charge on any atom is 0.252 e. The molecule has 6 nitrogen and oxygen atoms in total. The summed E-state index contributed by atoms with van der Waals surface area (Å²) < 4.78 is 63.8. The first-order valence-electron chi connectivity index (χ1n) is 11.4. The van der Waals surface area contributed by atoms with Gasteiger partial charge in [-0.25, -0.2) is 21.9 Å². The first-order chi connectivity index (χ1) is 16.2. The number of likely N-dealkylation sites (tertiary alicyclic amines) is 1. The first kappa shape index (κ1) is 23.7. The Hall–Kier alpha value is -2.07. The minimum Gasteiger partial charge on any atom is -0.368 e. The van der Waals surface area contributed by atoms with Crippen molar-refractivity contribution in [3.63, 3.8) is 0 Å². The van der Waals surface area contributed by atoms with Crippen LogP contribution < -0.4 is 4.72 Å². The number of ether oxygens (including phenoxy) is 1. The van der Waals surface area contributed by atoms with E-state index >= 15 is 8.78 Å². The molecule has 0 radical (unpaired) electrons. The minimum atomic E-state index is -3.72. The monoisotopic (exact) mass is 510 g/mol. The third-order valence-corrected chi connectivity index (χ3v) is 8.93. The summed E-state index contributed by atoms with van der Waals surface area (Å²) in [5, 5.41) is -0.0758. The van der Waals surface area contributed by atoms with Crippen LogP contribution in [-0.4, -0.2) is 62.0 Å². The van der Waals surface area contributed by atoms with E-state index in [1.54, 1.807) is 42.5 Å². The standard InChI is InChI=1S/C24H25ClF2N2O4S/c25-16-5-1-3-14(11-16)18-6-2-4-15(22(18)27)12-20-23(28-34(31,32)17-7-8-17)19(26)13-29(20)24(30)21-9-10-33-21/h1-6,11,17,19-21,23,28H,7-10,12-13H2/t19-,20-,21?,23-/m0/s1. The number of rotatable bonds is 7. The van der Waals surface area contributed by atoms with E-state index in [-0.39, 0.29) is 18.5 Å². The van der Waals surface area contributed by atoms with Gasteiger partial charge in [0.1, 0.15) is 18.1 Å². The Balaban J connectivity index is 1.47. The van der Waals surface area contributed by atoms with Crippen LogP contribution in [-0.2, 0) is 26.0 Å². The lowest BCUT2D eigenvalue weighted by Crippen LogP contribution is -2.53. The number of hydrogen-bond donors (Lipinski definition) is 1. The van der Waals surface area contributed by atoms with Crippen LogP contribution in [0, 0.1) is 5.82 Å². The van der Waals surface area contributed by atoms with Gasteiger partial charge in [-0.2, -0.15) is 0 Å². The molecule has 0 spiro atoms. The van der Waals surface area contributed by atoms with Gasteiger partial charge in [-0.05, 0) is 42.5 Å². The summed E-state index contributed by atoms with van der Waals surface area (Å²) in [6.45, 7) is 0.179. The van der Waals surface area contributed by atoms with Crippen molar-refractivity contribution in [3.05, 3.63) is 58.9 Å². The van der Waals surface area contributed by atoms with Gasteiger partial charge in [-0.3, -0.25) is 4.79 Å². The second-order valence-electron chi connectivity index (χ2n) is 9.10. The van der Waals surface area contributed by atoms with Crippen molar-refractivity contribution in [2.24, 2.45) is 0 Å². The molecule has 3 fully saturated rings. The van der Waals surface area contributed by atoms with Crippen molar-refractivity contribution in [2.45, 2.75) is 55.3 Å². The van der Waals surface area contributed by atoms with Crippen molar-refractivity contribution in [3.8, 4) is 11.1 Å². The summed E-state index contributed by atoms with van der Waals surface area (Å²) in [6.07, 6.45) is -0.748. The molecule has 3 aliphatic rings. The van der Waals surface area contributed by atoms with Gasteiger partial charge < -0.3 is 9.64 Å². The zero-order valence-electron chi connectivity index (χ0n) is 18.3. The lowest BCUT2D eigenvalue weighted by atomic mass is 9.95. The van der Waals surface area contributed by atoms with Crippen molar-refractivity contribution in [1.29, 1.82) is 0 Å². The van der Waals surface area contributed by atoms with Gasteiger partial charge in [0, 0.05) is 17.0 Å². The summed E-state index contributed by atoms with van der Waals surface area (Å²) in [7, 11) is -3.72.